The number of likely N-dealkylation sites (tertiary alicyclic amines) is 1. The van der Waals surface area contributed by atoms with Crippen molar-refractivity contribution >= 4 is 17.9 Å². The number of nitrogens with zero attached hydrogens (tertiary/aromatic N) is 2. The molecule has 2 saturated heterocycles. The van der Waals surface area contributed by atoms with Gasteiger partial charge in [-0.25, -0.2) is 4.79 Å². The monoisotopic (exact) mass is 361 g/mol. The van der Waals surface area contributed by atoms with Gasteiger partial charge in [0.2, 0.25) is 11.8 Å². The molecule has 2 heterocycles. The molecule has 3 rings (SSSR count). The van der Waals surface area contributed by atoms with Gasteiger partial charge in [-0.1, -0.05) is 12.1 Å². The van der Waals surface area contributed by atoms with Crippen LogP contribution in [0.4, 0.5) is 4.79 Å². The highest BCUT2D eigenvalue weighted by molar-refractivity contribution is 5.85. The molecule has 0 bridgehead atoms. The minimum absolute atomic E-state index is 0.0318. The lowest BCUT2D eigenvalue weighted by molar-refractivity contribution is -0.127. The molecule has 2 aliphatic heterocycles. The van der Waals surface area contributed by atoms with Gasteiger partial charge >= 0.3 is 6.09 Å². The molecule has 1 aromatic carbocycles. The number of amides is 3. The zero-order valence-corrected chi connectivity index (χ0v) is 14.8. The molecular formula is C18H23N3O5. The van der Waals surface area contributed by atoms with Gasteiger partial charge in [0.1, 0.15) is 18.9 Å². The second-order valence-corrected chi connectivity index (χ2v) is 6.44. The van der Waals surface area contributed by atoms with Crippen LogP contribution in [0, 0.1) is 0 Å². The lowest BCUT2D eigenvalue weighted by atomic mass is 10.1. The number of cyclic esters (lactones) is 1. The van der Waals surface area contributed by atoms with Crippen LogP contribution in [0.1, 0.15) is 12.0 Å². The molecule has 26 heavy (non-hydrogen) atoms. The van der Waals surface area contributed by atoms with Crippen LogP contribution in [0.5, 0.6) is 5.75 Å². The Bertz CT molecular complexity index is 676. The Balaban J connectivity index is 1.44. The number of carbonyl (C=O) groups is 3. The Labute approximate surface area is 152 Å². The van der Waals surface area contributed by atoms with E-state index in [0.29, 0.717) is 32.7 Å². The molecule has 3 amide bonds. The molecular weight excluding hydrogens is 338 g/mol. The molecule has 1 aromatic rings. The van der Waals surface area contributed by atoms with Gasteiger partial charge in [-0.15, -0.1) is 0 Å². The van der Waals surface area contributed by atoms with Crippen molar-refractivity contribution in [3.63, 3.8) is 0 Å². The Morgan fingerprint density at radius 3 is 2.69 bits per heavy atom. The third-order valence-corrected chi connectivity index (χ3v) is 4.59. The average Bonchev–Trinajstić information content (AvgIpc) is 3.18. The van der Waals surface area contributed by atoms with Gasteiger partial charge in [0.15, 0.2) is 0 Å². The van der Waals surface area contributed by atoms with Gasteiger partial charge in [0, 0.05) is 19.5 Å². The van der Waals surface area contributed by atoms with E-state index in [2.05, 4.69) is 5.32 Å². The van der Waals surface area contributed by atoms with Crippen molar-refractivity contribution in [2.24, 2.45) is 0 Å². The lowest BCUT2D eigenvalue weighted by Crippen LogP contribution is -2.43. The molecule has 140 valence electrons. The van der Waals surface area contributed by atoms with Crippen LogP contribution in [0.25, 0.3) is 0 Å². The summed E-state index contributed by atoms with van der Waals surface area (Å²) in [4.78, 5) is 38.7. The highest BCUT2D eigenvalue weighted by atomic mass is 16.6. The number of hydrogen-bond donors (Lipinski definition) is 1. The zero-order chi connectivity index (χ0) is 18.5. The van der Waals surface area contributed by atoms with Crippen molar-refractivity contribution in [3.8, 4) is 5.75 Å². The second kappa shape index (κ2) is 8.07. The van der Waals surface area contributed by atoms with Gasteiger partial charge < -0.3 is 19.7 Å². The third kappa shape index (κ3) is 4.44. The first-order valence-corrected chi connectivity index (χ1v) is 8.67. The van der Waals surface area contributed by atoms with Crippen molar-refractivity contribution in [1.82, 2.24) is 15.1 Å². The maximum absolute atomic E-state index is 12.2. The van der Waals surface area contributed by atoms with Gasteiger partial charge in [-0.05, 0) is 24.1 Å². The van der Waals surface area contributed by atoms with Gasteiger partial charge in [0.25, 0.3) is 0 Å². The SMILES string of the molecule is COc1ccc(CCN2CC(NC(=O)CN3CCOC3=O)CC2=O)cc1. The Kier molecular flexibility index (Phi) is 5.60. The molecule has 1 N–H and O–H groups in total. The summed E-state index contributed by atoms with van der Waals surface area (Å²) in [6.07, 6.45) is 0.568. The van der Waals surface area contributed by atoms with Gasteiger partial charge in [0.05, 0.1) is 19.7 Å². The number of rotatable bonds is 7. The first kappa shape index (κ1) is 18.0. The molecule has 0 saturated carbocycles. The van der Waals surface area contributed by atoms with E-state index < -0.39 is 6.09 Å². The van der Waals surface area contributed by atoms with Crippen molar-refractivity contribution in [1.29, 1.82) is 0 Å². The number of nitrogens with one attached hydrogen (secondary N) is 1. The summed E-state index contributed by atoms with van der Waals surface area (Å²) < 4.78 is 9.93. The first-order chi connectivity index (χ1) is 12.5. The number of methoxy groups -OCH3 is 1. The minimum Gasteiger partial charge on any atom is -0.497 e. The predicted molar refractivity (Wildman–Crippen MR) is 92.7 cm³/mol. The van der Waals surface area contributed by atoms with E-state index >= 15 is 0 Å². The molecule has 0 radical (unpaired) electrons. The Hall–Kier alpha value is -2.77. The fourth-order valence-corrected chi connectivity index (χ4v) is 3.16. The molecule has 2 fully saturated rings. The third-order valence-electron chi connectivity index (χ3n) is 4.59. The van der Waals surface area contributed by atoms with E-state index in [-0.39, 0.29) is 24.4 Å². The Morgan fingerprint density at radius 1 is 1.27 bits per heavy atom. The fourth-order valence-electron chi connectivity index (χ4n) is 3.16. The molecule has 1 unspecified atom stereocenters. The molecule has 0 spiro atoms. The number of carbonyl (C=O) groups excluding carboxylic acids is 3. The second-order valence-electron chi connectivity index (χ2n) is 6.44. The molecule has 8 nitrogen and oxygen atoms in total. The summed E-state index contributed by atoms with van der Waals surface area (Å²) in [5.41, 5.74) is 1.12. The van der Waals surface area contributed by atoms with Crippen molar-refractivity contribution in [3.05, 3.63) is 29.8 Å². The largest absolute Gasteiger partial charge is 0.497 e. The van der Waals surface area contributed by atoms with Crippen LogP contribution in [0.15, 0.2) is 24.3 Å². The number of ether oxygens (including phenoxy) is 2. The van der Waals surface area contributed by atoms with Crippen molar-refractivity contribution in [2.45, 2.75) is 18.9 Å². The fraction of sp³-hybridized carbons (Fsp3) is 0.500. The standard InChI is InChI=1S/C18H23N3O5/c1-25-15-4-2-13(3-5-15)6-7-20-11-14(10-17(20)23)19-16(22)12-21-8-9-26-18(21)24/h2-5,14H,6-12H2,1H3,(H,19,22). The maximum Gasteiger partial charge on any atom is 0.410 e. The summed E-state index contributed by atoms with van der Waals surface area (Å²) in [6, 6.07) is 7.53. The zero-order valence-electron chi connectivity index (χ0n) is 14.8. The highest BCUT2D eigenvalue weighted by Gasteiger charge is 2.31. The average molecular weight is 361 g/mol. The quantitative estimate of drug-likeness (QED) is 0.760. The van der Waals surface area contributed by atoms with Gasteiger partial charge in [-0.2, -0.15) is 0 Å². The molecule has 0 aliphatic carbocycles. The van der Waals surface area contributed by atoms with E-state index in [9.17, 15) is 14.4 Å². The smallest absolute Gasteiger partial charge is 0.410 e. The predicted octanol–water partition coefficient (Wildman–Crippen LogP) is 0.407. The van der Waals surface area contributed by atoms with Crippen LogP contribution < -0.4 is 10.1 Å². The van der Waals surface area contributed by atoms with Crippen LogP contribution >= 0.6 is 0 Å². The summed E-state index contributed by atoms with van der Waals surface area (Å²) in [7, 11) is 1.62. The van der Waals surface area contributed by atoms with E-state index in [1.54, 1.807) is 12.0 Å². The summed E-state index contributed by atoms with van der Waals surface area (Å²) in [6.45, 7) is 1.80. The van der Waals surface area contributed by atoms with Crippen LogP contribution in [-0.4, -0.2) is 73.6 Å². The lowest BCUT2D eigenvalue weighted by Gasteiger charge is -2.18. The summed E-state index contributed by atoms with van der Waals surface area (Å²) in [5, 5.41) is 2.83. The van der Waals surface area contributed by atoms with Crippen molar-refractivity contribution < 1.29 is 23.9 Å². The number of hydrogen-bond acceptors (Lipinski definition) is 5. The van der Waals surface area contributed by atoms with E-state index in [1.807, 2.05) is 24.3 Å². The molecule has 1 atom stereocenters. The van der Waals surface area contributed by atoms with Crippen molar-refractivity contribution in [2.75, 3.05) is 39.9 Å². The number of benzene rings is 1. The van der Waals surface area contributed by atoms with E-state index in [4.69, 9.17) is 9.47 Å². The molecule has 2 aliphatic rings. The van der Waals surface area contributed by atoms with Crippen LogP contribution in [0.3, 0.4) is 0 Å². The van der Waals surface area contributed by atoms with Crippen LogP contribution in [0.2, 0.25) is 0 Å². The highest BCUT2D eigenvalue weighted by Crippen LogP contribution is 2.15. The molecule has 8 heteroatoms. The Morgan fingerprint density at radius 2 is 2.04 bits per heavy atom. The van der Waals surface area contributed by atoms with Gasteiger partial charge in [-0.3, -0.25) is 14.5 Å². The first-order valence-electron chi connectivity index (χ1n) is 8.67. The molecule has 0 aromatic heterocycles. The van der Waals surface area contributed by atoms with Crippen LogP contribution in [-0.2, 0) is 20.7 Å². The maximum atomic E-state index is 12.2. The summed E-state index contributed by atoms with van der Waals surface area (Å²) >= 11 is 0. The topological polar surface area (TPSA) is 88.2 Å². The minimum atomic E-state index is -0.469. The normalized spacial score (nSPS) is 19.7. The summed E-state index contributed by atoms with van der Waals surface area (Å²) in [5.74, 6) is 0.568. The van der Waals surface area contributed by atoms with E-state index in [0.717, 1.165) is 17.7 Å². The van der Waals surface area contributed by atoms with E-state index in [1.165, 1.54) is 4.90 Å².